The van der Waals surface area contributed by atoms with Gasteiger partial charge in [-0.25, -0.2) is 4.79 Å². The number of carbonyl (C=O) groups is 2. The van der Waals surface area contributed by atoms with Crippen molar-refractivity contribution in [1.29, 1.82) is 5.26 Å². The first-order valence-corrected chi connectivity index (χ1v) is 11.9. The lowest BCUT2D eigenvalue weighted by Crippen LogP contribution is -2.53. The number of rotatable bonds is 9. The predicted molar refractivity (Wildman–Crippen MR) is 138 cm³/mol. The second kappa shape index (κ2) is 11.5. The van der Waals surface area contributed by atoms with Crippen molar-refractivity contribution in [1.82, 2.24) is 4.90 Å². The molecule has 0 radical (unpaired) electrons. The summed E-state index contributed by atoms with van der Waals surface area (Å²) in [5.41, 5.74) is 4.30. The predicted octanol–water partition coefficient (Wildman–Crippen LogP) is 6.36. The fourth-order valence-corrected chi connectivity index (χ4v) is 4.08. The van der Waals surface area contributed by atoms with Crippen molar-refractivity contribution >= 4 is 11.9 Å². The third kappa shape index (κ3) is 5.96. The molecule has 0 fully saturated rings. The molecule has 3 aromatic carbocycles. The molecule has 5 nitrogen and oxygen atoms in total. The van der Waals surface area contributed by atoms with Crippen molar-refractivity contribution in [2.75, 3.05) is 7.11 Å². The number of amides is 1. The van der Waals surface area contributed by atoms with E-state index in [1.54, 1.807) is 18.7 Å². The number of unbranched alkanes of at least 4 members (excludes halogenated alkanes) is 1. The van der Waals surface area contributed by atoms with Crippen LogP contribution in [0.5, 0.6) is 0 Å². The summed E-state index contributed by atoms with van der Waals surface area (Å²) in [7, 11) is 1.34. The lowest BCUT2D eigenvalue weighted by Gasteiger charge is -2.36. The van der Waals surface area contributed by atoms with Gasteiger partial charge in [-0.2, -0.15) is 5.26 Å². The van der Waals surface area contributed by atoms with Crippen LogP contribution >= 0.6 is 0 Å². The maximum absolute atomic E-state index is 13.0. The molecule has 180 valence electrons. The van der Waals surface area contributed by atoms with Gasteiger partial charge in [0.15, 0.2) is 0 Å². The van der Waals surface area contributed by atoms with Crippen LogP contribution in [0.2, 0.25) is 0 Å². The molecule has 0 unspecified atom stereocenters. The Morgan fingerprint density at radius 2 is 1.60 bits per heavy atom. The van der Waals surface area contributed by atoms with Gasteiger partial charge in [-0.3, -0.25) is 4.79 Å². The number of carbonyl (C=O) groups excluding carboxylic acids is 2. The van der Waals surface area contributed by atoms with Crippen LogP contribution in [0.15, 0.2) is 72.8 Å². The van der Waals surface area contributed by atoms with Gasteiger partial charge in [0.05, 0.1) is 18.7 Å². The molecule has 0 aliphatic carbocycles. The highest BCUT2D eigenvalue weighted by Crippen LogP contribution is 2.30. The van der Waals surface area contributed by atoms with E-state index in [9.17, 15) is 14.9 Å². The molecule has 3 rings (SSSR count). The molecule has 5 heteroatoms. The summed E-state index contributed by atoms with van der Waals surface area (Å²) >= 11 is 0. The molecule has 0 bridgehead atoms. The van der Waals surface area contributed by atoms with E-state index in [2.05, 4.69) is 6.07 Å². The second-order valence-electron chi connectivity index (χ2n) is 9.07. The van der Waals surface area contributed by atoms with Gasteiger partial charge in [-0.15, -0.1) is 0 Å². The van der Waals surface area contributed by atoms with Crippen molar-refractivity contribution in [2.24, 2.45) is 0 Å². The number of hydrogen-bond acceptors (Lipinski definition) is 4. The Bertz CT molecular complexity index is 1210. The van der Waals surface area contributed by atoms with Crippen LogP contribution in [0.3, 0.4) is 0 Å². The van der Waals surface area contributed by atoms with Crippen LogP contribution in [0, 0.1) is 11.3 Å². The van der Waals surface area contributed by atoms with Gasteiger partial charge < -0.3 is 9.64 Å². The highest BCUT2D eigenvalue weighted by molar-refractivity contribution is 5.87. The van der Waals surface area contributed by atoms with E-state index >= 15 is 0 Å². The summed E-state index contributed by atoms with van der Waals surface area (Å²) < 4.78 is 4.98. The van der Waals surface area contributed by atoms with Crippen LogP contribution < -0.4 is 0 Å². The molecule has 0 aliphatic heterocycles. The molecule has 3 aromatic rings. The summed E-state index contributed by atoms with van der Waals surface area (Å²) in [6, 6.07) is 26.0. The fraction of sp³-hybridized carbons (Fsp3) is 0.300. The number of methoxy groups -OCH3 is 1. The number of nitrogens with zero attached hydrogens (tertiary/aromatic N) is 2. The standard InChI is InChI=1S/C30H32N2O3/c1-5-6-12-28(33)32(30(2,3)29(34)35-4)21-22-13-15-24(16-14-22)27-19-25(17-18-26(27)20-31)23-10-8-7-9-11-23/h7-11,13-19H,5-6,12,21H2,1-4H3. The van der Waals surface area contributed by atoms with E-state index in [0.29, 0.717) is 18.5 Å². The summed E-state index contributed by atoms with van der Waals surface area (Å²) in [5.74, 6) is -0.524. The minimum atomic E-state index is -1.09. The molecular weight excluding hydrogens is 436 g/mol. The number of hydrogen-bond donors (Lipinski definition) is 0. The average molecular weight is 469 g/mol. The fourth-order valence-electron chi connectivity index (χ4n) is 4.08. The molecule has 0 atom stereocenters. The maximum atomic E-state index is 13.0. The van der Waals surface area contributed by atoms with Crippen molar-refractivity contribution < 1.29 is 14.3 Å². The van der Waals surface area contributed by atoms with E-state index in [4.69, 9.17) is 4.74 Å². The number of ether oxygens (including phenoxy) is 1. The molecule has 0 saturated carbocycles. The lowest BCUT2D eigenvalue weighted by atomic mass is 9.94. The van der Waals surface area contributed by atoms with Crippen LogP contribution in [-0.2, 0) is 20.9 Å². The Kier molecular flexibility index (Phi) is 8.43. The topological polar surface area (TPSA) is 70.4 Å². The number of nitriles is 1. The SMILES string of the molecule is CCCCC(=O)N(Cc1ccc(-c2cc(-c3ccccc3)ccc2C#N)cc1)C(C)(C)C(=O)OC. The van der Waals surface area contributed by atoms with Crippen molar-refractivity contribution in [3.8, 4) is 28.3 Å². The van der Waals surface area contributed by atoms with Gasteiger partial charge in [0.25, 0.3) is 0 Å². The van der Waals surface area contributed by atoms with E-state index in [1.165, 1.54) is 7.11 Å². The lowest BCUT2D eigenvalue weighted by molar-refractivity contribution is -0.160. The zero-order chi connectivity index (χ0) is 25.4. The van der Waals surface area contributed by atoms with E-state index in [1.807, 2.05) is 79.7 Å². The van der Waals surface area contributed by atoms with Crippen LogP contribution in [0.4, 0.5) is 0 Å². The monoisotopic (exact) mass is 468 g/mol. The van der Waals surface area contributed by atoms with E-state index < -0.39 is 11.5 Å². The molecule has 0 spiro atoms. The van der Waals surface area contributed by atoms with Gasteiger partial charge in [-0.05, 0) is 54.7 Å². The molecule has 0 saturated heterocycles. The highest BCUT2D eigenvalue weighted by atomic mass is 16.5. The molecule has 0 N–H and O–H groups in total. The van der Waals surface area contributed by atoms with Crippen LogP contribution in [0.25, 0.3) is 22.3 Å². The summed E-state index contributed by atoms with van der Waals surface area (Å²) in [5, 5.41) is 9.67. The molecule has 0 heterocycles. The Hall–Kier alpha value is -3.91. The maximum Gasteiger partial charge on any atom is 0.331 e. The largest absolute Gasteiger partial charge is 0.467 e. The van der Waals surface area contributed by atoms with Gasteiger partial charge >= 0.3 is 5.97 Å². The zero-order valence-corrected chi connectivity index (χ0v) is 20.9. The quantitative estimate of drug-likeness (QED) is 0.343. The smallest absolute Gasteiger partial charge is 0.331 e. The third-order valence-corrected chi connectivity index (χ3v) is 6.26. The molecule has 0 aromatic heterocycles. The Morgan fingerprint density at radius 1 is 0.943 bits per heavy atom. The second-order valence-corrected chi connectivity index (χ2v) is 9.07. The molecular formula is C30H32N2O3. The first kappa shape index (κ1) is 25.7. The van der Waals surface area contributed by atoms with Crippen LogP contribution in [0.1, 0.15) is 51.2 Å². The van der Waals surface area contributed by atoms with E-state index in [0.717, 1.165) is 40.7 Å². The van der Waals surface area contributed by atoms with Crippen molar-refractivity contribution in [2.45, 2.75) is 52.1 Å². The number of benzene rings is 3. The molecule has 0 aliphatic rings. The average Bonchev–Trinajstić information content (AvgIpc) is 2.90. The van der Waals surface area contributed by atoms with Gasteiger partial charge in [0, 0.05) is 18.5 Å². The molecule has 35 heavy (non-hydrogen) atoms. The first-order chi connectivity index (χ1) is 16.8. The van der Waals surface area contributed by atoms with E-state index in [-0.39, 0.29) is 5.91 Å². The van der Waals surface area contributed by atoms with Gasteiger partial charge in [0.1, 0.15) is 5.54 Å². The summed E-state index contributed by atoms with van der Waals surface area (Å²) in [6.45, 7) is 5.75. The molecule has 1 amide bonds. The van der Waals surface area contributed by atoms with Crippen LogP contribution in [-0.4, -0.2) is 29.4 Å². The normalized spacial score (nSPS) is 10.9. The summed E-state index contributed by atoms with van der Waals surface area (Å²) in [6.07, 6.45) is 2.04. The van der Waals surface area contributed by atoms with Gasteiger partial charge in [-0.1, -0.05) is 74.0 Å². The number of esters is 1. The zero-order valence-electron chi connectivity index (χ0n) is 20.9. The highest BCUT2D eigenvalue weighted by Gasteiger charge is 2.38. The van der Waals surface area contributed by atoms with Crippen molar-refractivity contribution in [3.05, 3.63) is 83.9 Å². The Morgan fingerprint density at radius 3 is 2.20 bits per heavy atom. The minimum absolute atomic E-state index is 0.0753. The third-order valence-electron chi connectivity index (χ3n) is 6.26. The van der Waals surface area contributed by atoms with Crippen molar-refractivity contribution in [3.63, 3.8) is 0 Å². The van der Waals surface area contributed by atoms with Gasteiger partial charge in [0.2, 0.25) is 5.91 Å². The Balaban J connectivity index is 1.92. The minimum Gasteiger partial charge on any atom is -0.467 e. The Labute approximate surface area is 208 Å². The first-order valence-electron chi connectivity index (χ1n) is 11.9. The summed E-state index contributed by atoms with van der Waals surface area (Å²) in [4.78, 5) is 27.1.